The summed E-state index contributed by atoms with van der Waals surface area (Å²) in [7, 11) is 0. The molecule has 2 saturated carbocycles. The Bertz CT molecular complexity index is 2450. The lowest BCUT2D eigenvalue weighted by atomic mass is 9.64. The van der Waals surface area contributed by atoms with Gasteiger partial charge in [-0.1, -0.05) is 118 Å². The topological polar surface area (TPSA) is 193 Å². The number of nitrogen functional groups attached to an aromatic ring is 1. The number of nitrogens with one attached hydrogen (secondary N) is 1. The molecule has 3 aliphatic carbocycles. The van der Waals surface area contributed by atoms with Crippen LogP contribution in [-0.4, -0.2) is 64.4 Å². The average Bonchev–Trinajstić information content (AvgIpc) is 3.86. The number of aromatic amines is 1. The van der Waals surface area contributed by atoms with Crippen molar-refractivity contribution in [3.63, 3.8) is 0 Å². The lowest BCUT2D eigenvalue weighted by Crippen LogP contribution is -2.50. The van der Waals surface area contributed by atoms with Gasteiger partial charge in [0.05, 0.1) is 29.4 Å². The number of benzene rings is 3. The third-order valence-corrected chi connectivity index (χ3v) is 16.0. The SMILES string of the molecule is CCCCC[C@@H]1C=C[C@@H](CCCCC[C@H](C(=O)O)[C@H](O)[C@H]2CC[C@@H]3[C@@H](Cc4ccnc(N)c4)C[C@H](Cc4cc(-c5ccccc5)c(-c5cc(O)cc(O)c5Cc5ccccc5)[nH]4)[C@]3(O)C2)[C@H](O)C1. The zero-order chi connectivity index (χ0) is 47.8. The fourth-order valence-electron chi connectivity index (χ4n) is 12.5. The highest BCUT2D eigenvalue weighted by atomic mass is 16.4. The number of rotatable bonds is 21. The highest BCUT2D eigenvalue weighted by Crippen LogP contribution is 2.56. The van der Waals surface area contributed by atoms with E-state index in [1.807, 2.05) is 72.8 Å². The number of allylic oxidation sites excluding steroid dienone is 1. The molecule has 2 aromatic heterocycles. The molecular formula is C58H73N3O7. The Morgan fingerprint density at radius 3 is 2.35 bits per heavy atom. The van der Waals surface area contributed by atoms with Gasteiger partial charge in [-0.15, -0.1) is 0 Å². The van der Waals surface area contributed by atoms with Gasteiger partial charge in [0.1, 0.15) is 17.3 Å². The summed E-state index contributed by atoms with van der Waals surface area (Å²) in [6.07, 6.45) is 17.9. The summed E-state index contributed by atoms with van der Waals surface area (Å²) >= 11 is 0. The first-order valence-electron chi connectivity index (χ1n) is 25.5. The van der Waals surface area contributed by atoms with E-state index in [1.54, 1.807) is 12.3 Å². The van der Waals surface area contributed by atoms with Crippen LogP contribution in [0.2, 0.25) is 0 Å². The number of carbonyl (C=O) groups is 1. The number of hydrogen-bond donors (Lipinski definition) is 8. The van der Waals surface area contributed by atoms with E-state index in [-0.39, 0.29) is 41.3 Å². The number of aromatic nitrogens is 2. The summed E-state index contributed by atoms with van der Waals surface area (Å²) < 4.78 is 0. The Kier molecular flexibility index (Phi) is 16.1. The minimum absolute atomic E-state index is 0.000755. The molecule has 0 bridgehead atoms. The number of hydrogen-bond acceptors (Lipinski definition) is 8. The second-order valence-electron chi connectivity index (χ2n) is 20.6. The highest BCUT2D eigenvalue weighted by Gasteiger charge is 2.57. The number of nitrogens with zero attached hydrogens (tertiary/aromatic N) is 1. The van der Waals surface area contributed by atoms with Gasteiger partial charge in [0, 0.05) is 47.0 Å². The second-order valence-corrected chi connectivity index (χ2v) is 20.6. The Labute approximate surface area is 402 Å². The Morgan fingerprint density at radius 2 is 1.62 bits per heavy atom. The summed E-state index contributed by atoms with van der Waals surface area (Å²) in [5.41, 5.74) is 11.9. The molecule has 2 heterocycles. The van der Waals surface area contributed by atoms with Gasteiger partial charge in [-0.2, -0.15) is 0 Å². The van der Waals surface area contributed by atoms with E-state index in [0.717, 1.165) is 72.2 Å². The maximum Gasteiger partial charge on any atom is 0.309 e. The van der Waals surface area contributed by atoms with Crippen molar-refractivity contribution in [1.82, 2.24) is 9.97 Å². The zero-order valence-electron chi connectivity index (χ0n) is 39.7. The summed E-state index contributed by atoms with van der Waals surface area (Å²) in [4.78, 5) is 20.8. The van der Waals surface area contributed by atoms with Gasteiger partial charge in [0.2, 0.25) is 0 Å². The first kappa shape index (κ1) is 49.0. The van der Waals surface area contributed by atoms with Gasteiger partial charge in [0.15, 0.2) is 0 Å². The minimum atomic E-state index is -1.18. The van der Waals surface area contributed by atoms with Crippen LogP contribution in [0.3, 0.4) is 0 Å². The molecule has 68 heavy (non-hydrogen) atoms. The lowest BCUT2D eigenvalue weighted by Gasteiger charge is -2.45. The number of nitrogens with two attached hydrogens (primary N) is 1. The number of unbranched alkanes of at least 4 members (excludes halogenated alkanes) is 4. The molecule has 10 heteroatoms. The summed E-state index contributed by atoms with van der Waals surface area (Å²) in [5.74, 6) is -1.53. The molecule has 3 aromatic carbocycles. The summed E-state index contributed by atoms with van der Waals surface area (Å²) in [5, 5.41) is 68.9. The Balaban J connectivity index is 1.02. The quantitative estimate of drug-likeness (QED) is 0.0261. The average molecular weight is 924 g/mol. The van der Waals surface area contributed by atoms with E-state index in [1.165, 1.54) is 25.3 Å². The van der Waals surface area contributed by atoms with Crippen LogP contribution in [0, 0.1) is 41.4 Å². The summed E-state index contributed by atoms with van der Waals surface area (Å²) in [6.45, 7) is 2.21. The van der Waals surface area contributed by atoms with Crippen LogP contribution in [0.5, 0.6) is 11.5 Å². The van der Waals surface area contributed by atoms with Crippen LogP contribution in [0.1, 0.15) is 119 Å². The molecule has 3 aliphatic rings. The van der Waals surface area contributed by atoms with Crippen molar-refractivity contribution in [2.24, 2.45) is 41.4 Å². The largest absolute Gasteiger partial charge is 0.508 e. The van der Waals surface area contributed by atoms with E-state index >= 15 is 0 Å². The fourth-order valence-corrected chi connectivity index (χ4v) is 12.5. The van der Waals surface area contributed by atoms with Crippen LogP contribution in [0.25, 0.3) is 22.4 Å². The molecule has 0 saturated heterocycles. The van der Waals surface area contributed by atoms with Gasteiger partial charge in [-0.3, -0.25) is 4.79 Å². The molecule has 10 atom stereocenters. The number of pyridine rings is 1. The number of aromatic hydroxyl groups is 2. The molecule has 0 unspecified atom stereocenters. The Morgan fingerprint density at radius 1 is 0.853 bits per heavy atom. The lowest BCUT2D eigenvalue weighted by molar-refractivity contribution is -0.152. The minimum Gasteiger partial charge on any atom is -0.508 e. The van der Waals surface area contributed by atoms with Gasteiger partial charge < -0.3 is 41.4 Å². The first-order chi connectivity index (χ1) is 32.9. The standard InChI is InChI=1S/C58H73N3O7/c1-2-3-7-14-38-21-22-41(52(63)29-38)19-12-6-13-20-47(57(66)67)56(65)42-23-24-51-43(27-39-25-26-60-54(59)30-39)31-44(58(51,68)36-42)32-45-33-48(40-17-10-5-11-18-40)55(61-45)50-34-46(62)35-53(64)49(50)28-37-15-8-4-9-16-37/h4-5,8-11,15-18,21-22,25-26,30,33-35,38,41-44,47,51-52,56,61-65,68H,2-3,6-7,12-14,19-20,23-24,27-29,31-32,36H2,1H3,(H2,59,60)(H,66,67)/t38-,41-,42+,43+,44-,47+,51-,52-,56-,58-/m1/s1. The van der Waals surface area contributed by atoms with Crippen molar-refractivity contribution in [2.45, 2.75) is 134 Å². The van der Waals surface area contributed by atoms with Crippen molar-refractivity contribution in [3.8, 4) is 33.9 Å². The molecule has 0 spiro atoms. The predicted octanol–water partition coefficient (Wildman–Crippen LogP) is 11.0. The monoisotopic (exact) mass is 924 g/mol. The van der Waals surface area contributed by atoms with Crippen molar-refractivity contribution < 1.29 is 35.4 Å². The molecular weight excluding hydrogens is 851 g/mol. The molecule has 2 fully saturated rings. The molecule has 8 rings (SSSR count). The Hall–Kier alpha value is -5.42. The number of phenols is 2. The number of carboxylic acids is 1. The van der Waals surface area contributed by atoms with Crippen LogP contribution < -0.4 is 5.73 Å². The predicted molar refractivity (Wildman–Crippen MR) is 269 cm³/mol. The van der Waals surface area contributed by atoms with Crippen LogP contribution in [0.4, 0.5) is 5.82 Å². The van der Waals surface area contributed by atoms with Crippen molar-refractivity contribution >= 4 is 11.8 Å². The molecule has 10 nitrogen and oxygen atoms in total. The second kappa shape index (κ2) is 22.3. The van der Waals surface area contributed by atoms with Gasteiger partial charge in [-0.25, -0.2) is 4.98 Å². The van der Waals surface area contributed by atoms with Crippen molar-refractivity contribution in [3.05, 3.63) is 132 Å². The van der Waals surface area contributed by atoms with Crippen LogP contribution in [-0.2, 0) is 24.1 Å². The first-order valence-corrected chi connectivity index (χ1v) is 25.5. The highest BCUT2D eigenvalue weighted by molar-refractivity contribution is 5.85. The van der Waals surface area contributed by atoms with Crippen molar-refractivity contribution in [1.29, 1.82) is 0 Å². The zero-order valence-corrected chi connectivity index (χ0v) is 39.7. The van der Waals surface area contributed by atoms with Crippen LogP contribution >= 0.6 is 0 Å². The normalized spacial score (nSPS) is 25.5. The van der Waals surface area contributed by atoms with E-state index in [2.05, 4.69) is 35.1 Å². The number of aliphatic hydroxyl groups excluding tert-OH is 2. The third-order valence-electron chi connectivity index (χ3n) is 16.0. The van der Waals surface area contributed by atoms with Gasteiger partial charge in [0.25, 0.3) is 0 Å². The number of phenolic OH excluding ortho intramolecular Hbond substituents is 2. The number of aliphatic carboxylic acids is 1. The van der Waals surface area contributed by atoms with E-state index in [0.29, 0.717) is 74.2 Å². The summed E-state index contributed by atoms with van der Waals surface area (Å²) in [6, 6.07) is 29.0. The number of aliphatic hydroxyl groups is 3. The van der Waals surface area contributed by atoms with E-state index < -0.39 is 29.5 Å². The van der Waals surface area contributed by atoms with E-state index in [4.69, 9.17) is 5.73 Å². The van der Waals surface area contributed by atoms with Crippen molar-refractivity contribution in [2.75, 3.05) is 5.73 Å². The molecule has 5 aromatic rings. The molecule has 362 valence electrons. The van der Waals surface area contributed by atoms with Crippen LogP contribution in [0.15, 0.2) is 109 Å². The molecule has 0 aliphatic heterocycles. The number of carboxylic acid groups (broad SMARTS) is 1. The smallest absolute Gasteiger partial charge is 0.309 e. The molecule has 0 radical (unpaired) electrons. The third kappa shape index (κ3) is 11.5. The molecule has 9 N–H and O–H groups in total. The maximum atomic E-state index is 13.2. The van der Waals surface area contributed by atoms with Gasteiger partial charge in [-0.05, 0) is 135 Å². The number of anilines is 1. The number of fused-ring (bicyclic) bond motifs is 1. The number of H-pyrrole nitrogens is 1. The van der Waals surface area contributed by atoms with E-state index in [9.17, 15) is 35.4 Å². The van der Waals surface area contributed by atoms with Gasteiger partial charge >= 0.3 is 5.97 Å². The maximum absolute atomic E-state index is 13.2. The molecule has 0 amide bonds. The fraction of sp³-hybridized carbons (Fsp3) is 0.483.